The number of rotatable bonds is 5. The van der Waals surface area contributed by atoms with Gasteiger partial charge in [0.05, 0.1) is 0 Å². The van der Waals surface area contributed by atoms with Gasteiger partial charge in [-0.3, -0.25) is 0 Å². The van der Waals surface area contributed by atoms with Crippen LogP contribution in [-0.4, -0.2) is 19.6 Å². The lowest BCUT2D eigenvalue weighted by Crippen LogP contribution is -2.47. The van der Waals surface area contributed by atoms with E-state index in [4.69, 9.17) is 0 Å². The molecule has 19 heavy (non-hydrogen) atoms. The summed E-state index contributed by atoms with van der Waals surface area (Å²) in [6.45, 7) is 4.54. The Bertz CT molecular complexity index is 375. The van der Waals surface area contributed by atoms with E-state index in [1.165, 1.54) is 50.8 Å². The second-order valence-electron chi connectivity index (χ2n) is 6.23. The number of nitrogens with one attached hydrogen (secondary N) is 2. The van der Waals surface area contributed by atoms with Gasteiger partial charge < -0.3 is 10.6 Å². The molecular formula is C17H26N2. The zero-order valence-corrected chi connectivity index (χ0v) is 11.8. The Morgan fingerprint density at radius 1 is 1.00 bits per heavy atom. The van der Waals surface area contributed by atoms with Crippen LogP contribution in [0, 0.1) is 5.92 Å². The van der Waals surface area contributed by atoms with Gasteiger partial charge in [0.25, 0.3) is 0 Å². The maximum atomic E-state index is 3.56. The minimum atomic E-state index is 0.830. The summed E-state index contributed by atoms with van der Waals surface area (Å²) in [6, 6.07) is 9.35. The standard InChI is InChI=1S/C17H26N2/c1-2-4-16(5-3-1)17-8-6-14(7-9-17)10-18-11-15-12-19-13-15/h6-9,15-16,18-19H,1-5,10-13H2. The fourth-order valence-corrected chi connectivity index (χ4v) is 3.26. The van der Waals surface area contributed by atoms with Gasteiger partial charge in [0.1, 0.15) is 0 Å². The van der Waals surface area contributed by atoms with Crippen molar-refractivity contribution in [2.75, 3.05) is 19.6 Å². The van der Waals surface area contributed by atoms with Crippen LogP contribution in [0.4, 0.5) is 0 Å². The van der Waals surface area contributed by atoms with Gasteiger partial charge >= 0.3 is 0 Å². The Labute approximate surface area is 117 Å². The molecule has 1 aliphatic heterocycles. The molecule has 2 fully saturated rings. The second-order valence-corrected chi connectivity index (χ2v) is 6.23. The monoisotopic (exact) mass is 258 g/mol. The first-order chi connectivity index (χ1) is 9.42. The molecule has 1 aromatic carbocycles. The molecule has 1 saturated carbocycles. The predicted octanol–water partition coefficient (Wildman–Crippen LogP) is 3.04. The average Bonchev–Trinajstić information content (AvgIpc) is 2.43. The molecule has 0 atom stereocenters. The van der Waals surface area contributed by atoms with Gasteiger partial charge in [-0.2, -0.15) is 0 Å². The van der Waals surface area contributed by atoms with E-state index in [0.29, 0.717) is 0 Å². The van der Waals surface area contributed by atoms with Gasteiger partial charge in [0.2, 0.25) is 0 Å². The Morgan fingerprint density at radius 3 is 2.37 bits per heavy atom. The van der Waals surface area contributed by atoms with Gasteiger partial charge in [-0.1, -0.05) is 43.5 Å². The Kier molecular flexibility index (Phi) is 4.52. The van der Waals surface area contributed by atoms with E-state index in [1.54, 1.807) is 5.56 Å². The maximum Gasteiger partial charge on any atom is 0.0205 e. The van der Waals surface area contributed by atoms with Crippen LogP contribution in [0.15, 0.2) is 24.3 Å². The molecule has 0 bridgehead atoms. The fourth-order valence-electron chi connectivity index (χ4n) is 3.26. The molecule has 0 amide bonds. The summed E-state index contributed by atoms with van der Waals surface area (Å²) >= 11 is 0. The van der Waals surface area contributed by atoms with Gasteiger partial charge in [-0.15, -0.1) is 0 Å². The molecule has 2 heteroatoms. The molecule has 1 saturated heterocycles. The summed E-state index contributed by atoms with van der Waals surface area (Å²) in [5.74, 6) is 1.68. The molecule has 2 aliphatic rings. The third-order valence-electron chi connectivity index (χ3n) is 4.68. The van der Waals surface area contributed by atoms with E-state index in [1.807, 2.05) is 0 Å². The average molecular weight is 258 g/mol. The minimum absolute atomic E-state index is 0.830. The molecule has 0 aromatic heterocycles. The van der Waals surface area contributed by atoms with Crippen molar-refractivity contribution in [3.05, 3.63) is 35.4 Å². The fraction of sp³-hybridized carbons (Fsp3) is 0.647. The van der Waals surface area contributed by atoms with E-state index < -0.39 is 0 Å². The summed E-state index contributed by atoms with van der Waals surface area (Å²) in [5, 5.41) is 6.88. The highest BCUT2D eigenvalue weighted by Crippen LogP contribution is 2.32. The zero-order chi connectivity index (χ0) is 12.9. The van der Waals surface area contributed by atoms with Gasteiger partial charge in [-0.05, 0) is 35.8 Å². The Hall–Kier alpha value is -0.860. The van der Waals surface area contributed by atoms with E-state index in [2.05, 4.69) is 34.9 Å². The Balaban J connectivity index is 1.47. The van der Waals surface area contributed by atoms with Gasteiger partial charge in [0.15, 0.2) is 0 Å². The van der Waals surface area contributed by atoms with Crippen molar-refractivity contribution >= 4 is 0 Å². The lowest BCUT2D eigenvalue weighted by molar-refractivity contribution is 0.331. The van der Waals surface area contributed by atoms with Crippen molar-refractivity contribution in [3.8, 4) is 0 Å². The van der Waals surface area contributed by atoms with Crippen LogP contribution < -0.4 is 10.6 Å². The quantitative estimate of drug-likeness (QED) is 0.848. The van der Waals surface area contributed by atoms with Crippen molar-refractivity contribution < 1.29 is 0 Å². The summed E-state index contributed by atoms with van der Waals surface area (Å²) in [7, 11) is 0. The van der Waals surface area contributed by atoms with Crippen LogP contribution in [0.25, 0.3) is 0 Å². The van der Waals surface area contributed by atoms with Crippen LogP contribution >= 0.6 is 0 Å². The lowest BCUT2D eigenvalue weighted by atomic mass is 9.84. The van der Waals surface area contributed by atoms with E-state index in [9.17, 15) is 0 Å². The smallest absolute Gasteiger partial charge is 0.0205 e. The number of hydrogen-bond donors (Lipinski definition) is 2. The molecule has 3 rings (SSSR count). The van der Waals surface area contributed by atoms with Crippen LogP contribution in [0.2, 0.25) is 0 Å². The van der Waals surface area contributed by atoms with Crippen molar-refractivity contribution in [1.82, 2.24) is 10.6 Å². The summed E-state index contributed by atoms with van der Waals surface area (Å²) < 4.78 is 0. The van der Waals surface area contributed by atoms with Crippen LogP contribution in [0.3, 0.4) is 0 Å². The van der Waals surface area contributed by atoms with Crippen LogP contribution in [0.5, 0.6) is 0 Å². The molecular weight excluding hydrogens is 232 g/mol. The van der Waals surface area contributed by atoms with Crippen LogP contribution in [0.1, 0.15) is 49.1 Å². The topological polar surface area (TPSA) is 24.1 Å². The normalized spacial score (nSPS) is 21.3. The van der Waals surface area contributed by atoms with Crippen molar-refractivity contribution in [1.29, 1.82) is 0 Å². The summed E-state index contributed by atoms with van der Waals surface area (Å²) in [5.41, 5.74) is 2.98. The first kappa shape index (κ1) is 13.1. The number of benzene rings is 1. The molecule has 1 heterocycles. The molecule has 0 unspecified atom stereocenters. The number of hydrogen-bond acceptors (Lipinski definition) is 2. The first-order valence-electron chi connectivity index (χ1n) is 7.92. The highest BCUT2D eigenvalue weighted by molar-refractivity contribution is 5.25. The first-order valence-corrected chi connectivity index (χ1v) is 7.92. The van der Waals surface area contributed by atoms with Crippen LogP contribution in [-0.2, 0) is 6.54 Å². The Morgan fingerprint density at radius 2 is 1.74 bits per heavy atom. The van der Waals surface area contributed by atoms with Crippen molar-refractivity contribution in [2.24, 2.45) is 5.92 Å². The predicted molar refractivity (Wildman–Crippen MR) is 80.3 cm³/mol. The summed E-state index contributed by atoms with van der Waals surface area (Å²) in [6.07, 6.45) is 7.07. The van der Waals surface area contributed by atoms with E-state index >= 15 is 0 Å². The lowest BCUT2D eigenvalue weighted by Gasteiger charge is -2.27. The van der Waals surface area contributed by atoms with Gasteiger partial charge in [-0.25, -0.2) is 0 Å². The van der Waals surface area contributed by atoms with Crippen molar-refractivity contribution in [2.45, 2.75) is 44.6 Å². The maximum absolute atomic E-state index is 3.56. The third-order valence-corrected chi connectivity index (χ3v) is 4.68. The molecule has 2 N–H and O–H groups in total. The van der Waals surface area contributed by atoms with E-state index in [-0.39, 0.29) is 0 Å². The largest absolute Gasteiger partial charge is 0.316 e. The molecule has 2 nitrogen and oxygen atoms in total. The van der Waals surface area contributed by atoms with Crippen molar-refractivity contribution in [3.63, 3.8) is 0 Å². The van der Waals surface area contributed by atoms with Gasteiger partial charge in [0, 0.05) is 26.2 Å². The van der Waals surface area contributed by atoms with E-state index in [0.717, 1.165) is 24.9 Å². The highest BCUT2D eigenvalue weighted by Gasteiger charge is 2.16. The SMILES string of the molecule is c1cc(C2CCCCC2)ccc1CNCC1CNC1. The molecule has 0 spiro atoms. The molecule has 104 valence electrons. The molecule has 0 radical (unpaired) electrons. The minimum Gasteiger partial charge on any atom is -0.316 e. The highest BCUT2D eigenvalue weighted by atomic mass is 15.0. The third kappa shape index (κ3) is 3.58. The summed E-state index contributed by atoms with van der Waals surface area (Å²) in [4.78, 5) is 0. The zero-order valence-electron chi connectivity index (χ0n) is 11.8. The molecule has 1 aliphatic carbocycles. The molecule has 1 aromatic rings. The second kappa shape index (κ2) is 6.53.